The maximum absolute atomic E-state index is 14.8. The van der Waals surface area contributed by atoms with E-state index in [9.17, 15) is 9.59 Å². The first-order chi connectivity index (χ1) is 22.4. The lowest BCUT2D eigenvalue weighted by Crippen LogP contribution is -2.48. The molecule has 1 saturated carbocycles. The smallest absolute Gasteiger partial charge is 0.248 e. The number of methoxy groups -OCH3 is 3. The number of para-hydroxylation sites is 1. The van der Waals surface area contributed by atoms with E-state index in [2.05, 4.69) is 15.6 Å². The molecule has 12 heteroatoms. The Morgan fingerprint density at radius 1 is 0.957 bits per heavy atom. The molecule has 1 aromatic heterocycles. The number of nitrogens with one attached hydrogen (secondary N) is 1. The maximum atomic E-state index is 14.8. The van der Waals surface area contributed by atoms with Crippen molar-refractivity contribution in [3.8, 4) is 28.7 Å². The number of carbonyl (C=O) groups excluding carboxylic acids is 2. The molecule has 2 amide bonds. The number of fused-ring (bicyclic) bond motifs is 2. The highest BCUT2D eigenvalue weighted by Gasteiger charge is 2.37. The Labute approximate surface area is 267 Å². The summed E-state index contributed by atoms with van der Waals surface area (Å²) in [5, 5.41) is 11.9. The molecule has 0 spiro atoms. The van der Waals surface area contributed by atoms with Crippen molar-refractivity contribution in [3.63, 3.8) is 0 Å². The van der Waals surface area contributed by atoms with Gasteiger partial charge in [-0.3, -0.25) is 9.59 Å². The topological polar surface area (TPSA) is 126 Å². The SMILES string of the molecule is COc1cc([C@H](C(=O)NC2CCCCC2)N(Cc2ccc3c(c2)OCO3)C(=O)[C@H](C)n2nnc3ccccc32)cc(OC)c1OC. The van der Waals surface area contributed by atoms with Crippen LogP contribution in [0.1, 0.15) is 62.2 Å². The lowest BCUT2D eigenvalue weighted by atomic mass is 9.94. The lowest BCUT2D eigenvalue weighted by molar-refractivity contribution is -0.144. The molecule has 1 fully saturated rings. The second kappa shape index (κ2) is 13.6. The van der Waals surface area contributed by atoms with E-state index < -0.39 is 12.1 Å². The summed E-state index contributed by atoms with van der Waals surface area (Å²) in [6, 6.07) is 14.6. The van der Waals surface area contributed by atoms with Crippen molar-refractivity contribution in [1.82, 2.24) is 25.2 Å². The first kappa shape index (κ1) is 31.0. The fourth-order valence-electron chi connectivity index (χ4n) is 6.31. The molecule has 1 N–H and O–H groups in total. The average molecular weight is 630 g/mol. The summed E-state index contributed by atoms with van der Waals surface area (Å²) in [5.74, 6) is 1.71. The van der Waals surface area contributed by atoms with E-state index in [4.69, 9.17) is 23.7 Å². The zero-order chi connectivity index (χ0) is 32.2. The van der Waals surface area contributed by atoms with Gasteiger partial charge in [-0.15, -0.1) is 5.10 Å². The van der Waals surface area contributed by atoms with Crippen LogP contribution in [-0.4, -0.2) is 65.9 Å². The van der Waals surface area contributed by atoms with Gasteiger partial charge in [-0.25, -0.2) is 4.68 Å². The molecule has 2 atom stereocenters. The van der Waals surface area contributed by atoms with Crippen molar-refractivity contribution >= 4 is 22.8 Å². The van der Waals surface area contributed by atoms with Gasteiger partial charge in [0, 0.05) is 12.6 Å². The van der Waals surface area contributed by atoms with Crippen LogP contribution in [0.25, 0.3) is 11.0 Å². The summed E-state index contributed by atoms with van der Waals surface area (Å²) in [5.41, 5.74) is 2.65. The quantitative estimate of drug-likeness (QED) is 0.245. The van der Waals surface area contributed by atoms with Gasteiger partial charge in [0.1, 0.15) is 17.6 Å². The number of benzene rings is 3. The van der Waals surface area contributed by atoms with Gasteiger partial charge in [0.05, 0.1) is 26.8 Å². The Kier molecular flexibility index (Phi) is 9.13. The molecule has 2 heterocycles. The van der Waals surface area contributed by atoms with E-state index in [1.54, 1.807) is 28.6 Å². The second-order valence-electron chi connectivity index (χ2n) is 11.6. The summed E-state index contributed by atoms with van der Waals surface area (Å²) >= 11 is 0. The fraction of sp³-hybridized carbons (Fsp3) is 0.412. The van der Waals surface area contributed by atoms with Crippen LogP contribution in [0.4, 0.5) is 0 Å². The van der Waals surface area contributed by atoms with E-state index in [-0.39, 0.29) is 31.2 Å². The summed E-state index contributed by atoms with van der Waals surface area (Å²) in [6.07, 6.45) is 4.98. The third kappa shape index (κ3) is 6.11. The highest BCUT2D eigenvalue weighted by Crippen LogP contribution is 2.42. The highest BCUT2D eigenvalue weighted by atomic mass is 16.7. The Balaban J connectivity index is 1.47. The largest absolute Gasteiger partial charge is 0.493 e. The van der Waals surface area contributed by atoms with E-state index in [1.807, 2.05) is 42.5 Å². The van der Waals surface area contributed by atoms with Crippen LogP contribution in [-0.2, 0) is 16.1 Å². The van der Waals surface area contributed by atoms with Gasteiger partial charge in [-0.2, -0.15) is 0 Å². The van der Waals surface area contributed by atoms with Crippen molar-refractivity contribution in [3.05, 3.63) is 65.7 Å². The Bertz CT molecular complexity index is 1690. The van der Waals surface area contributed by atoms with Crippen molar-refractivity contribution < 1.29 is 33.3 Å². The van der Waals surface area contributed by atoms with Crippen molar-refractivity contribution in [2.24, 2.45) is 0 Å². The molecule has 0 bridgehead atoms. The molecule has 0 unspecified atom stereocenters. The van der Waals surface area contributed by atoms with Gasteiger partial charge in [0.15, 0.2) is 23.0 Å². The standard InChI is InChI=1S/C34H39N5O7/c1-21(39-26-13-9-8-12-25(26)36-37-39)34(41)38(19-22-14-15-27-28(16-22)46-20-45-27)31(33(40)35-24-10-6-5-7-11-24)23-17-29(42-2)32(44-4)30(18-23)43-3/h8-9,12-18,21,24,31H,5-7,10-11,19-20H2,1-4H3,(H,35,40)/t21-,31+/m0/s1. The molecule has 0 saturated heterocycles. The van der Waals surface area contributed by atoms with Crippen LogP contribution in [0.5, 0.6) is 28.7 Å². The monoisotopic (exact) mass is 629 g/mol. The van der Waals surface area contributed by atoms with Gasteiger partial charge < -0.3 is 33.9 Å². The molecular formula is C34H39N5O7. The summed E-state index contributed by atoms with van der Waals surface area (Å²) in [7, 11) is 4.56. The first-order valence-electron chi connectivity index (χ1n) is 15.5. The molecule has 0 radical (unpaired) electrons. The zero-order valence-corrected chi connectivity index (χ0v) is 26.5. The van der Waals surface area contributed by atoms with Gasteiger partial charge in [0.2, 0.25) is 24.4 Å². The number of amides is 2. The van der Waals surface area contributed by atoms with Crippen LogP contribution < -0.4 is 29.0 Å². The number of carbonyl (C=O) groups is 2. The molecule has 6 rings (SSSR count). The Hall–Kier alpha value is -5.00. The van der Waals surface area contributed by atoms with E-state index >= 15 is 0 Å². The molecule has 242 valence electrons. The average Bonchev–Trinajstić information content (AvgIpc) is 3.74. The third-order valence-electron chi connectivity index (χ3n) is 8.69. The number of hydrogen-bond donors (Lipinski definition) is 1. The number of nitrogens with zero attached hydrogens (tertiary/aromatic N) is 4. The third-order valence-corrected chi connectivity index (χ3v) is 8.69. The van der Waals surface area contributed by atoms with Crippen LogP contribution in [0.2, 0.25) is 0 Å². The Morgan fingerprint density at radius 2 is 1.67 bits per heavy atom. The zero-order valence-electron chi connectivity index (χ0n) is 26.5. The summed E-state index contributed by atoms with van der Waals surface area (Å²) < 4.78 is 29.7. The molecule has 46 heavy (non-hydrogen) atoms. The second-order valence-corrected chi connectivity index (χ2v) is 11.6. The van der Waals surface area contributed by atoms with Crippen LogP contribution in [0.3, 0.4) is 0 Å². The number of hydrogen-bond acceptors (Lipinski definition) is 9. The molecule has 12 nitrogen and oxygen atoms in total. The molecular weight excluding hydrogens is 590 g/mol. The maximum Gasteiger partial charge on any atom is 0.248 e. The van der Waals surface area contributed by atoms with E-state index in [0.717, 1.165) is 37.7 Å². The first-order valence-corrected chi connectivity index (χ1v) is 15.5. The van der Waals surface area contributed by atoms with Gasteiger partial charge >= 0.3 is 0 Å². The van der Waals surface area contributed by atoms with Gasteiger partial charge in [-0.05, 0) is 67.3 Å². The van der Waals surface area contributed by atoms with Crippen molar-refractivity contribution in [2.45, 2.75) is 63.7 Å². The number of rotatable bonds is 11. The normalized spacial score (nSPS) is 15.7. The molecule has 3 aromatic carbocycles. The number of ether oxygens (including phenoxy) is 5. The van der Waals surface area contributed by atoms with E-state index in [0.29, 0.717) is 45.3 Å². The summed E-state index contributed by atoms with van der Waals surface area (Å²) in [6.45, 7) is 1.98. The van der Waals surface area contributed by atoms with Crippen LogP contribution >= 0.6 is 0 Å². The molecule has 4 aromatic rings. The molecule has 1 aliphatic heterocycles. The lowest BCUT2D eigenvalue weighted by Gasteiger charge is -2.35. The summed E-state index contributed by atoms with van der Waals surface area (Å²) in [4.78, 5) is 30.9. The van der Waals surface area contributed by atoms with Crippen LogP contribution in [0, 0.1) is 0 Å². The molecule has 1 aliphatic carbocycles. The van der Waals surface area contributed by atoms with Crippen LogP contribution in [0.15, 0.2) is 54.6 Å². The van der Waals surface area contributed by atoms with Crippen molar-refractivity contribution in [2.75, 3.05) is 28.1 Å². The van der Waals surface area contributed by atoms with E-state index in [1.165, 1.54) is 21.3 Å². The minimum Gasteiger partial charge on any atom is -0.493 e. The predicted molar refractivity (Wildman–Crippen MR) is 169 cm³/mol. The highest BCUT2D eigenvalue weighted by molar-refractivity contribution is 5.91. The van der Waals surface area contributed by atoms with Gasteiger partial charge in [-0.1, -0.05) is 42.7 Å². The minimum atomic E-state index is -1.06. The Morgan fingerprint density at radius 3 is 2.39 bits per heavy atom. The van der Waals surface area contributed by atoms with Gasteiger partial charge in [0.25, 0.3) is 0 Å². The van der Waals surface area contributed by atoms with Crippen molar-refractivity contribution in [1.29, 1.82) is 0 Å². The predicted octanol–water partition coefficient (Wildman–Crippen LogP) is 4.97. The number of aromatic nitrogens is 3. The fourth-order valence-corrected chi connectivity index (χ4v) is 6.31. The minimum absolute atomic E-state index is 0.00460. The molecule has 2 aliphatic rings.